The van der Waals surface area contributed by atoms with Gasteiger partial charge in [0.1, 0.15) is 0 Å². The van der Waals surface area contributed by atoms with Crippen molar-refractivity contribution < 1.29 is 14.3 Å². The minimum Gasteiger partial charge on any atom is -0.463 e. The summed E-state index contributed by atoms with van der Waals surface area (Å²) in [6, 6.07) is 0. The Hall–Kier alpha value is -1.32. The maximum absolute atomic E-state index is 11.1. The molecule has 4 nitrogen and oxygen atoms in total. The lowest BCUT2D eigenvalue weighted by molar-refractivity contribution is -0.138. The van der Waals surface area contributed by atoms with Crippen LogP contribution in [0.3, 0.4) is 0 Å². The minimum atomic E-state index is -0.576. The standard InChI is InChI=1S/C10H17NO3/c1-4-5-14-9(12)6-8(7(2)3)10(11)13/h6-7H,4-5H2,1-3H3,(H2,11,13)/b8-6-. The number of primary amides is 1. The van der Waals surface area contributed by atoms with Crippen molar-refractivity contribution in [1.29, 1.82) is 0 Å². The normalized spacial score (nSPS) is 11.6. The summed E-state index contributed by atoms with van der Waals surface area (Å²) in [5, 5.41) is 0. The Kier molecular flexibility index (Phi) is 5.60. The SMILES string of the molecule is CCCOC(=O)/C=C(\C(N)=O)C(C)C. The molecular formula is C10H17NO3. The molecule has 0 saturated heterocycles. The molecule has 0 rings (SSSR count). The van der Waals surface area contributed by atoms with Crippen molar-refractivity contribution in [3.8, 4) is 0 Å². The van der Waals surface area contributed by atoms with E-state index in [1.165, 1.54) is 6.08 Å². The van der Waals surface area contributed by atoms with Crippen LogP contribution in [0.2, 0.25) is 0 Å². The third-order valence-electron chi connectivity index (χ3n) is 1.63. The van der Waals surface area contributed by atoms with Crippen molar-refractivity contribution in [1.82, 2.24) is 0 Å². The predicted octanol–water partition coefficient (Wildman–Crippen LogP) is 1.01. The molecule has 0 aliphatic carbocycles. The van der Waals surface area contributed by atoms with Gasteiger partial charge in [-0.25, -0.2) is 4.79 Å². The molecule has 14 heavy (non-hydrogen) atoms. The zero-order valence-electron chi connectivity index (χ0n) is 8.87. The first-order valence-electron chi connectivity index (χ1n) is 4.67. The maximum Gasteiger partial charge on any atom is 0.331 e. The Morgan fingerprint density at radius 3 is 2.36 bits per heavy atom. The average molecular weight is 199 g/mol. The summed E-state index contributed by atoms with van der Waals surface area (Å²) >= 11 is 0. The van der Waals surface area contributed by atoms with Gasteiger partial charge in [-0.3, -0.25) is 4.79 Å². The van der Waals surface area contributed by atoms with E-state index in [0.717, 1.165) is 6.42 Å². The van der Waals surface area contributed by atoms with Crippen molar-refractivity contribution in [2.75, 3.05) is 6.61 Å². The van der Waals surface area contributed by atoms with Crippen molar-refractivity contribution in [2.45, 2.75) is 27.2 Å². The number of esters is 1. The molecule has 0 aromatic carbocycles. The zero-order chi connectivity index (χ0) is 11.1. The van der Waals surface area contributed by atoms with Gasteiger partial charge in [0.15, 0.2) is 0 Å². The number of hydrogen-bond acceptors (Lipinski definition) is 3. The van der Waals surface area contributed by atoms with Gasteiger partial charge in [-0.05, 0) is 12.3 Å². The largest absolute Gasteiger partial charge is 0.463 e. The lowest BCUT2D eigenvalue weighted by Gasteiger charge is -2.06. The maximum atomic E-state index is 11.1. The van der Waals surface area contributed by atoms with E-state index < -0.39 is 11.9 Å². The van der Waals surface area contributed by atoms with Crippen LogP contribution in [-0.4, -0.2) is 18.5 Å². The molecule has 0 heterocycles. The van der Waals surface area contributed by atoms with Gasteiger partial charge in [-0.15, -0.1) is 0 Å². The summed E-state index contributed by atoms with van der Waals surface area (Å²) in [6.45, 7) is 5.85. The Morgan fingerprint density at radius 1 is 1.43 bits per heavy atom. The lowest BCUT2D eigenvalue weighted by Crippen LogP contribution is -2.19. The molecule has 0 radical (unpaired) electrons. The Morgan fingerprint density at radius 2 is 2.00 bits per heavy atom. The molecule has 80 valence electrons. The number of amides is 1. The molecular weight excluding hydrogens is 182 g/mol. The number of carbonyl (C=O) groups excluding carboxylic acids is 2. The molecule has 0 aromatic rings. The van der Waals surface area contributed by atoms with E-state index >= 15 is 0 Å². The van der Waals surface area contributed by atoms with E-state index in [-0.39, 0.29) is 5.92 Å². The fourth-order valence-electron chi connectivity index (χ4n) is 0.894. The fraction of sp³-hybridized carbons (Fsp3) is 0.600. The topological polar surface area (TPSA) is 69.4 Å². The molecule has 0 saturated carbocycles. The van der Waals surface area contributed by atoms with E-state index in [1.807, 2.05) is 6.92 Å². The van der Waals surface area contributed by atoms with Crippen LogP contribution in [0.5, 0.6) is 0 Å². The lowest BCUT2D eigenvalue weighted by atomic mass is 10.0. The summed E-state index contributed by atoms with van der Waals surface area (Å²) < 4.78 is 4.80. The average Bonchev–Trinajstić information content (AvgIpc) is 2.09. The molecule has 4 heteroatoms. The van der Waals surface area contributed by atoms with Gasteiger partial charge in [-0.2, -0.15) is 0 Å². The molecule has 0 atom stereocenters. The fourth-order valence-corrected chi connectivity index (χ4v) is 0.894. The zero-order valence-corrected chi connectivity index (χ0v) is 8.87. The molecule has 0 aliphatic heterocycles. The van der Waals surface area contributed by atoms with Gasteiger partial charge >= 0.3 is 5.97 Å². The Balaban J connectivity index is 4.42. The number of ether oxygens (including phenoxy) is 1. The molecule has 2 N–H and O–H groups in total. The number of carbonyl (C=O) groups is 2. The molecule has 0 unspecified atom stereocenters. The van der Waals surface area contributed by atoms with E-state index in [2.05, 4.69) is 0 Å². The van der Waals surface area contributed by atoms with E-state index in [1.54, 1.807) is 13.8 Å². The van der Waals surface area contributed by atoms with E-state index in [0.29, 0.717) is 12.2 Å². The molecule has 1 amide bonds. The first kappa shape index (κ1) is 12.7. The van der Waals surface area contributed by atoms with Crippen LogP contribution < -0.4 is 5.73 Å². The van der Waals surface area contributed by atoms with E-state index in [4.69, 9.17) is 10.5 Å². The first-order valence-corrected chi connectivity index (χ1v) is 4.67. The highest BCUT2D eigenvalue weighted by Gasteiger charge is 2.12. The van der Waals surface area contributed by atoms with Crippen molar-refractivity contribution >= 4 is 11.9 Å². The van der Waals surface area contributed by atoms with Crippen LogP contribution in [0.25, 0.3) is 0 Å². The van der Waals surface area contributed by atoms with Gasteiger partial charge in [0.25, 0.3) is 0 Å². The van der Waals surface area contributed by atoms with Gasteiger partial charge < -0.3 is 10.5 Å². The third-order valence-corrected chi connectivity index (χ3v) is 1.63. The van der Waals surface area contributed by atoms with Gasteiger partial charge in [0.05, 0.1) is 6.61 Å². The second kappa shape index (κ2) is 6.18. The smallest absolute Gasteiger partial charge is 0.331 e. The number of nitrogens with two attached hydrogens (primary N) is 1. The third kappa shape index (κ3) is 4.64. The number of rotatable bonds is 5. The monoisotopic (exact) mass is 199 g/mol. The number of hydrogen-bond donors (Lipinski definition) is 1. The molecule has 0 bridgehead atoms. The molecule has 0 fully saturated rings. The highest BCUT2D eigenvalue weighted by molar-refractivity contribution is 5.98. The highest BCUT2D eigenvalue weighted by Crippen LogP contribution is 2.08. The van der Waals surface area contributed by atoms with Crippen LogP contribution in [-0.2, 0) is 14.3 Å². The van der Waals surface area contributed by atoms with Gasteiger partial charge in [-0.1, -0.05) is 20.8 Å². The highest BCUT2D eigenvalue weighted by atomic mass is 16.5. The Labute approximate surface area is 84.1 Å². The molecule has 0 aromatic heterocycles. The summed E-state index contributed by atoms with van der Waals surface area (Å²) in [4.78, 5) is 22.0. The predicted molar refractivity (Wildman–Crippen MR) is 53.4 cm³/mol. The van der Waals surface area contributed by atoms with Crippen molar-refractivity contribution in [2.24, 2.45) is 11.7 Å². The van der Waals surface area contributed by atoms with Gasteiger partial charge in [0.2, 0.25) is 5.91 Å². The van der Waals surface area contributed by atoms with Crippen molar-refractivity contribution in [3.05, 3.63) is 11.6 Å². The van der Waals surface area contributed by atoms with Crippen LogP contribution in [0.15, 0.2) is 11.6 Å². The van der Waals surface area contributed by atoms with E-state index in [9.17, 15) is 9.59 Å². The summed E-state index contributed by atoms with van der Waals surface area (Å²) in [5.74, 6) is -1.15. The van der Waals surface area contributed by atoms with Crippen molar-refractivity contribution in [3.63, 3.8) is 0 Å². The second-order valence-electron chi connectivity index (χ2n) is 3.29. The molecule has 0 aliphatic rings. The van der Waals surface area contributed by atoms with Gasteiger partial charge in [0, 0.05) is 11.6 Å². The summed E-state index contributed by atoms with van der Waals surface area (Å²) in [7, 11) is 0. The van der Waals surface area contributed by atoms with Crippen LogP contribution in [0, 0.1) is 5.92 Å². The Bertz CT molecular complexity index is 244. The quantitative estimate of drug-likeness (QED) is 0.530. The first-order chi connectivity index (χ1) is 6.49. The minimum absolute atomic E-state index is 0.0679. The van der Waals surface area contributed by atoms with Crippen LogP contribution >= 0.6 is 0 Å². The summed E-state index contributed by atoms with van der Waals surface area (Å²) in [5.41, 5.74) is 5.40. The van der Waals surface area contributed by atoms with Crippen LogP contribution in [0.4, 0.5) is 0 Å². The van der Waals surface area contributed by atoms with Crippen LogP contribution in [0.1, 0.15) is 27.2 Å². The second-order valence-corrected chi connectivity index (χ2v) is 3.29. The molecule has 0 spiro atoms. The summed E-state index contributed by atoms with van der Waals surface area (Å²) in [6.07, 6.45) is 1.93.